The topological polar surface area (TPSA) is 33.5 Å². The Labute approximate surface area is 448 Å². The van der Waals surface area contributed by atoms with E-state index < -0.39 is 0 Å². The minimum absolute atomic E-state index is 0.0379. The number of aromatic nitrogens is 2. The average Bonchev–Trinajstić information content (AvgIpc) is 3.92. The van der Waals surface area contributed by atoms with Crippen LogP contribution in [0.15, 0.2) is 170 Å². The molecule has 1 aliphatic heterocycles. The van der Waals surface area contributed by atoms with Gasteiger partial charge in [0, 0.05) is 51.3 Å². The Morgan fingerprint density at radius 3 is 1.49 bits per heavy atom. The summed E-state index contributed by atoms with van der Waals surface area (Å²) in [5.74, 6) is 2.50. The molecule has 9 aromatic rings. The molecule has 5 nitrogen and oxygen atoms in total. The van der Waals surface area contributed by atoms with Crippen molar-refractivity contribution in [3.8, 4) is 17.3 Å². The molecule has 7 aromatic carbocycles. The molecule has 0 spiro atoms. The second-order valence-electron chi connectivity index (χ2n) is 26.4. The van der Waals surface area contributed by atoms with E-state index in [9.17, 15) is 0 Å². The fourth-order valence-corrected chi connectivity index (χ4v) is 11.0. The monoisotopic (exact) mass is 991 g/mol. The van der Waals surface area contributed by atoms with Crippen LogP contribution in [0.1, 0.15) is 155 Å². The molecule has 0 saturated carbocycles. The van der Waals surface area contributed by atoms with Gasteiger partial charge in [0.15, 0.2) is 0 Å². The summed E-state index contributed by atoms with van der Waals surface area (Å²) in [6, 6.07) is 61.0. The van der Waals surface area contributed by atoms with E-state index in [4.69, 9.17) is 9.72 Å². The standard InChI is InChI=1S/C70H78N4O/c1-65(2,3)48-31-32-60-61(40-48)73(45-72(60)53-37-51(69(13,14)46-25-19-17-20-26-46)35-52(38-53)70(15,16)47-27-21-18-22-28-47)54-36-50(67(7,8)9)39-55(42-54)75-56-43-58(68(10,11)12)64-57-29-23-24-30-59(57)74(62(64)44-56)63-41-49(33-34-71-63)66(4,5)6/h17-44H,45H2,1-16H3. The van der Waals surface area contributed by atoms with Crippen LogP contribution in [-0.4, -0.2) is 16.2 Å². The van der Waals surface area contributed by atoms with Crippen LogP contribution in [0.25, 0.3) is 27.6 Å². The third-order valence-corrected chi connectivity index (χ3v) is 16.1. The van der Waals surface area contributed by atoms with E-state index in [1.54, 1.807) is 0 Å². The van der Waals surface area contributed by atoms with Gasteiger partial charge in [-0.15, -0.1) is 0 Å². The van der Waals surface area contributed by atoms with Gasteiger partial charge in [-0.25, -0.2) is 4.98 Å². The van der Waals surface area contributed by atoms with Gasteiger partial charge in [-0.1, -0.05) is 202 Å². The molecule has 3 heterocycles. The van der Waals surface area contributed by atoms with Crippen molar-refractivity contribution in [3.63, 3.8) is 0 Å². The highest BCUT2D eigenvalue weighted by molar-refractivity contribution is 6.11. The molecule has 0 saturated heterocycles. The minimum Gasteiger partial charge on any atom is -0.457 e. The van der Waals surface area contributed by atoms with Crippen LogP contribution in [0.2, 0.25) is 0 Å². The molecule has 2 aromatic heterocycles. The summed E-state index contributed by atoms with van der Waals surface area (Å²) in [6.45, 7) is 37.6. The quantitative estimate of drug-likeness (QED) is 0.144. The van der Waals surface area contributed by atoms with E-state index in [0.717, 1.165) is 34.0 Å². The number of hydrogen-bond acceptors (Lipinski definition) is 4. The number of nitrogens with zero attached hydrogens (tertiary/aromatic N) is 4. The summed E-state index contributed by atoms with van der Waals surface area (Å²) in [7, 11) is 0. The molecule has 384 valence electrons. The van der Waals surface area contributed by atoms with Gasteiger partial charge < -0.3 is 14.5 Å². The highest BCUT2D eigenvalue weighted by Crippen LogP contribution is 2.50. The predicted molar refractivity (Wildman–Crippen MR) is 319 cm³/mol. The maximum atomic E-state index is 7.32. The first-order chi connectivity index (χ1) is 35.2. The number of hydrogen-bond donors (Lipinski definition) is 0. The number of para-hydroxylation sites is 1. The Morgan fingerprint density at radius 1 is 0.387 bits per heavy atom. The Kier molecular flexibility index (Phi) is 12.6. The van der Waals surface area contributed by atoms with Crippen LogP contribution in [-0.2, 0) is 32.5 Å². The lowest BCUT2D eigenvalue weighted by atomic mass is 9.73. The van der Waals surface area contributed by atoms with Crippen molar-refractivity contribution >= 4 is 44.6 Å². The summed E-state index contributed by atoms with van der Waals surface area (Å²) in [5.41, 5.74) is 16.0. The van der Waals surface area contributed by atoms with Gasteiger partial charge in [-0.3, -0.25) is 4.57 Å². The van der Waals surface area contributed by atoms with Crippen LogP contribution in [0, 0.1) is 0 Å². The van der Waals surface area contributed by atoms with Gasteiger partial charge in [0.25, 0.3) is 0 Å². The first-order valence-electron chi connectivity index (χ1n) is 27.0. The molecular formula is C70H78N4O. The molecule has 0 amide bonds. The molecule has 0 aliphatic carbocycles. The first kappa shape index (κ1) is 51.4. The molecule has 0 unspecified atom stereocenters. The van der Waals surface area contributed by atoms with E-state index in [2.05, 4.69) is 289 Å². The smallest absolute Gasteiger partial charge is 0.137 e. The number of rotatable bonds is 9. The second-order valence-corrected chi connectivity index (χ2v) is 26.4. The van der Waals surface area contributed by atoms with Crippen molar-refractivity contribution in [2.75, 3.05) is 16.5 Å². The zero-order chi connectivity index (χ0) is 53.6. The maximum Gasteiger partial charge on any atom is 0.137 e. The zero-order valence-corrected chi connectivity index (χ0v) is 47.6. The SMILES string of the molecule is CC(C)(C)c1cc(Oc2cc(C(C)(C)C)c3c4ccccc4n(-c4cc(C(C)(C)C)ccn4)c3c2)cc(N2CN(c3cc(C(C)(C)c4ccccc4)cc(C(C)(C)c4ccccc4)c3)c3ccc(C(C)(C)C)cc32)c1. The first-order valence-corrected chi connectivity index (χ1v) is 27.0. The Hall–Kier alpha value is -7.11. The van der Waals surface area contributed by atoms with Crippen molar-refractivity contribution in [1.82, 2.24) is 9.55 Å². The predicted octanol–water partition coefficient (Wildman–Crippen LogP) is 19.1. The van der Waals surface area contributed by atoms with Crippen LogP contribution < -0.4 is 14.5 Å². The highest BCUT2D eigenvalue weighted by Gasteiger charge is 2.35. The molecule has 0 fully saturated rings. The van der Waals surface area contributed by atoms with Crippen LogP contribution in [0.5, 0.6) is 11.5 Å². The summed E-state index contributed by atoms with van der Waals surface area (Å²) in [4.78, 5) is 10.1. The summed E-state index contributed by atoms with van der Waals surface area (Å²) in [5, 5.41) is 2.44. The molecule has 0 N–H and O–H groups in total. The third-order valence-electron chi connectivity index (χ3n) is 16.1. The van der Waals surface area contributed by atoms with Crippen LogP contribution in [0.3, 0.4) is 0 Å². The molecule has 0 bridgehead atoms. The fourth-order valence-electron chi connectivity index (χ4n) is 11.0. The van der Waals surface area contributed by atoms with Crippen molar-refractivity contribution in [2.24, 2.45) is 0 Å². The second kappa shape index (κ2) is 18.3. The van der Waals surface area contributed by atoms with Crippen molar-refractivity contribution in [2.45, 2.75) is 143 Å². The third kappa shape index (κ3) is 9.64. The summed E-state index contributed by atoms with van der Waals surface area (Å²) >= 11 is 0. The average molecular weight is 991 g/mol. The van der Waals surface area contributed by atoms with E-state index in [1.807, 2.05) is 6.20 Å². The van der Waals surface area contributed by atoms with Gasteiger partial charge in [-0.2, -0.15) is 0 Å². The van der Waals surface area contributed by atoms with E-state index in [-0.39, 0.29) is 32.5 Å². The fraction of sp³-hybridized carbons (Fsp3) is 0.329. The molecule has 0 atom stereocenters. The van der Waals surface area contributed by atoms with E-state index in [0.29, 0.717) is 6.67 Å². The molecule has 1 aliphatic rings. The van der Waals surface area contributed by atoms with E-state index >= 15 is 0 Å². The molecular weight excluding hydrogens is 913 g/mol. The van der Waals surface area contributed by atoms with Crippen molar-refractivity contribution < 1.29 is 4.74 Å². The minimum atomic E-state index is -0.262. The molecule has 5 heteroatoms. The zero-order valence-electron chi connectivity index (χ0n) is 47.6. The number of pyridine rings is 1. The number of anilines is 4. The molecule has 75 heavy (non-hydrogen) atoms. The van der Waals surface area contributed by atoms with Gasteiger partial charge in [0.05, 0.1) is 22.4 Å². The number of benzene rings is 7. The largest absolute Gasteiger partial charge is 0.457 e. The lowest BCUT2D eigenvalue weighted by Gasteiger charge is -2.33. The van der Waals surface area contributed by atoms with Gasteiger partial charge >= 0.3 is 0 Å². The van der Waals surface area contributed by atoms with Gasteiger partial charge in [0.2, 0.25) is 0 Å². The Balaban J connectivity index is 1.14. The lowest BCUT2D eigenvalue weighted by Crippen LogP contribution is -2.27. The normalized spacial score (nSPS) is 13.8. The van der Waals surface area contributed by atoms with Crippen molar-refractivity contribution in [1.29, 1.82) is 0 Å². The summed E-state index contributed by atoms with van der Waals surface area (Å²) in [6.07, 6.45) is 1.95. The lowest BCUT2D eigenvalue weighted by molar-refractivity contribution is 0.476. The van der Waals surface area contributed by atoms with Crippen LogP contribution >= 0.6 is 0 Å². The van der Waals surface area contributed by atoms with Crippen LogP contribution in [0.4, 0.5) is 22.7 Å². The Morgan fingerprint density at radius 2 is 0.907 bits per heavy atom. The van der Waals surface area contributed by atoms with E-state index in [1.165, 1.54) is 72.3 Å². The molecule has 10 rings (SSSR count). The van der Waals surface area contributed by atoms with Gasteiger partial charge in [0.1, 0.15) is 24.0 Å². The number of fused-ring (bicyclic) bond motifs is 4. The molecule has 0 radical (unpaired) electrons. The summed E-state index contributed by atoms with van der Waals surface area (Å²) < 4.78 is 9.65. The van der Waals surface area contributed by atoms with Gasteiger partial charge in [-0.05, 0) is 127 Å². The maximum absolute atomic E-state index is 7.32. The highest BCUT2D eigenvalue weighted by atomic mass is 16.5. The van der Waals surface area contributed by atoms with Crippen molar-refractivity contribution in [3.05, 3.63) is 214 Å². The Bertz CT molecular complexity index is 3520. The number of ether oxygens (including phenoxy) is 1.